The number of carbonyl (C=O) groups is 2. The van der Waals surface area contributed by atoms with Crippen LogP contribution in [0.25, 0.3) is 0 Å². The maximum absolute atomic E-state index is 11.9. The molecule has 23 heavy (non-hydrogen) atoms. The van der Waals surface area contributed by atoms with E-state index in [0.717, 1.165) is 6.26 Å². The van der Waals surface area contributed by atoms with Crippen molar-refractivity contribution in [2.75, 3.05) is 24.1 Å². The van der Waals surface area contributed by atoms with Crippen molar-refractivity contribution in [1.82, 2.24) is 10.6 Å². The van der Waals surface area contributed by atoms with Crippen molar-refractivity contribution < 1.29 is 18.0 Å². The number of hydrogen-bond donors (Lipinski definition) is 3. The van der Waals surface area contributed by atoms with Crippen LogP contribution in [0.15, 0.2) is 24.3 Å². The van der Waals surface area contributed by atoms with Crippen LogP contribution in [0.4, 0.5) is 5.69 Å². The Morgan fingerprint density at radius 1 is 1.00 bits per heavy atom. The Bertz CT molecular complexity index is 661. The lowest BCUT2D eigenvalue weighted by Crippen LogP contribution is -2.39. The minimum atomic E-state index is -3.34. The molecule has 8 heteroatoms. The van der Waals surface area contributed by atoms with Crippen LogP contribution in [0.2, 0.25) is 0 Å². The number of anilines is 1. The Kier molecular flexibility index (Phi) is 6.14. The lowest BCUT2D eigenvalue weighted by Gasteiger charge is -2.17. The molecule has 1 rings (SSSR count). The fourth-order valence-corrected chi connectivity index (χ4v) is 2.19. The molecule has 7 nitrogen and oxygen atoms in total. The van der Waals surface area contributed by atoms with Gasteiger partial charge in [-0.1, -0.05) is 20.8 Å². The van der Waals surface area contributed by atoms with Crippen LogP contribution in [-0.2, 0) is 14.8 Å². The number of hydrogen-bond acceptors (Lipinski definition) is 4. The van der Waals surface area contributed by atoms with Gasteiger partial charge < -0.3 is 10.6 Å². The first-order chi connectivity index (χ1) is 10.5. The van der Waals surface area contributed by atoms with Gasteiger partial charge in [0.15, 0.2) is 0 Å². The predicted molar refractivity (Wildman–Crippen MR) is 89.7 cm³/mol. The van der Waals surface area contributed by atoms with Crippen LogP contribution in [0.3, 0.4) is 0 Å². The zero-order chi connectivity index (χ0) is 17.7. The van der Waals surface area contributed by atoms with Crippen molar-refractivity contribution in [3.05, 3.63) is 29.8 Å². The third-order valence-electron chi connectivity index (χ3n) is 2.83. The SMILES string of the molecule is CC(C)(C)C(=O)NCCNC(=O)c1ccc(NS(C)(=O)=O)cc1. The quantitative estimate of drug-likeness (QED) is 0.670. The van der Waals surface area contributed by atoms with Gasteiger partial charge in [-0.2, -0.15) is 0 Å². The Morgan fingerprint density at radius 3 is 2.00 bits per heavy atom. The Morgan fingerprint density at radius 2 is 1.52 bits per heavy atom. The van der Waals surface area contributed by atoms with E-state index in [9.17, 15) is 18.0 Å². The molecule has 0 atom stereocenters. The summed E-state index contributed by atoms with van der Waals surface area (Å²) in [5, 5.41) is 5.42. The molecule has 0 aliphatic rings. The molecule has 0 heterocycles. The molecule has 0 aliphatic carbocycles. The van der Waals surface area contributed by atoms with Gasteiger partial charge in [-0.15, -0.1) is 0 Å². The summed E-state index contributed by atoms with van der Waals surface area (Å²) in [7, 11) is -3.34. The van der Waals surface area contributed by atoms with Gasteiger partial charge in [0.25, 0.3) is 5.91 Å². The largest absolute Gasteiger partial charge is 0.354 e. The zero-order valence-electron chi connectivity index (χ0n) is 13.8. The van der Waals surface area contributed by atoms with Crippen molar-refractivity contribution in [3.8, 4) is 0 Å². The number of sulfonamides is 1. The molecule has 2 amide bonds. The molecule has 128 valence electrons. The van der Waals surface area contributed by atoms with E-state index in [2.05, 4.69) is 15.4 Å². The zero-order valence-corrected chi connectivity index (χ0v) is 14.6. The summed E-state index contributed by atoms with van der Waals surface area (Å²) < 4.78 is 24.5. The van der Waals surface area contributed by atoms with E-state index < -0.39 is 15.4 Å². The van der Waals surface area contributed by atoms with E-state index in [0.29, 0.717) is 24.3 Å². The molecule has 0 radical (unpaired) electrons. The molecule has 0 aliphatic heterocycles. The van der Waals surface area contributed by atoms with E-state index in [4.69, 9.17) is 0 Å². The molecule has 3 N–H and O–H groups in total. The van der Waals surface area contributed by atoms with Crippen LogP contribution in [0.5, 0.6) is 0 Å². The molecule has 1 aromatic rings. The van der Waals surface area contributed by atoms with Gasteiger partial charge >= 0.3 is 0 Å². The van der Waals surface area contributed by atoms with E-state index in [1.54, 1.807) is 0 Å². The monoisotopic (exact) mass is 341 g/mol. The summed E-state index contributed by atoms with van der Waals surface area (Å²) >= 11 is 0. The second-order valence-electron chi connectivity index (χ2n) is 6.21. The number of carbonyl (C=O) groups excluding carboxylic acids is 2. The van der Waals surface area contributed by atoms with Crippen molar-refractivity contribution in [2.45, 2.75) is 20.8 Å². The van der Waals surface area contributed by atoms with Crippen LogP contribution >= 0.6 is 0 Å². The molecule has 0 fully saturated rings. The van der Waals surface area contributed by atoms with Gasteiger partial charge in [-0.3, -0.25) is 14.3 Å². The first kappa shape index (κ1) is 19.0. The second-order valence-corrected chi connectivity index (χ2v) is 7.96. The molecule has 0 aromatic heterocycles. The number of benzene rings is 1. The third-order valence-corrected chi connectivity index (χ3v) is 3.43. The summed E-state index contributed by atoms with van der Waals surface area (Å²) in [6.45, 7) is 6.09. The van der Waals surface area contributed by atoms with Gasteiger partial charge in [-0.05, 0) is 24.3 Å². The highest BCUT2D eigenvalue weighted by Crippen LogP contribution is 2.12. The summed E-state index contributed by atoms with van der Waals surface area (Å²) in [4.78, 5) is 23.6. The van der Waals surface area contributed by atoms with Gasteiger partial charge in [0.1, 0.15) is 0 Å². The normalized spacial score (nSPS) is 11.7. The summed E-state index contributed by atoms with van der Waals surface area (Å²) in [6.07, 6.45) is 1.06. The maximum atomic E-state index is 11.9. The van der Waals surface area contributed by atoms with E-state index in [-0.39, 0.29) is 11.8 Å². The summed E-state index contributed by atoms with van der Waals surface area (Å²) in [5.41, 5.74) is 0.333. The van der Waals surface area contributed by atoms with E-state index in [1.165, 1.54) is 24.3 Å². The Balaban J connectivity index is 2.45. The maximum Gasteiger partial charge on any atom is 0.251 e. The van der Waals surface area contributed by atoms with Gasteiger partial charge in [-0.25, -0.2) is 8.42 Å². The molecule has 0 saturated carbocycles. The van der Waals surface area contributed by atoms with Crippen molar-refractivity contribution in [1.29, 1.82) is 0 Å². The number of nitrogens with one attached hydrogen (secondary N) is 3. The fourth-order valence-electron chi connectivity index (χ4n) is 1.62. The molecule has 0 unspecified atom stereocenters. The highest BCUT2D eigenvalue weighted by atomic mass is 32.2. The molecule has 1 aromatic carbocycles. The van der Waals surface area contributed by atoms with Gasteiger partial charge in [0, 0.05) is 29.8 Å². The molecule has 0 spiro atoms. The molecular weight excluding hydrogens is 318 g/mol. The number of amides is 2. The average Bonchev–Trinajstić information content (AvgIpc) is 2.41. The average molecular weight is 341 g/mol. The van der Waals surface area contributed by atoms with E-state index >= 15 is 0 Å². The smallest absolute Gasteiger partial charge is 0.251 e. The fraction of sp³-hybridized carbons (Fsp3) is 0.467. The van der Waals surface area contributed by atoms with Crippen molar-refractivity contribution >= 4 is 27.5 Å². The third kappa shape index (κ3) is 7.14. The Hall–Kier alpha value is -2.09. The van der Waals surface area contributed by atoms with Gasteiger partial charge in [0.05, 0.1) is 6.26 Å². The van der Waals surface area contributed by atoms with E-state index in [1.807, 2.05) is 20.8 Å². The minimum absolute atomic E-state index is 0.0806. The number of rotatable bonds is 6. The van der Waals surface area contributed by atoms with Crippen molar-refractivity contribution in [2.24, 2.45) is 5.41 Å². The Labute approximate surface area is 136 Å². The standard InChI is InChI=1S/C15H23N3O4S/c1-15(2,3)14(20)17-10-9-16-13(19)11-5-7-12(8-6-11)18-23(4,21)22/h5-8,18H,9-10H2,1-4H3,(H,16,19)(H,17,20). The molecule has 0 bridgehead atoms. The lowest BCUT2D eigenvalue weighted by molar-refractivity contribution is -0.128. The second kappa shape index (κ2) is 7.45. The van der Waals surface area contributed by atoms with Gasteiger partial charge in [0.2, 0.25) is 15.9 Å². The lowest BCUT2D eigenvalue weighted by atomic mass is 9.96. The minimum Gasteiger partial charge on any atom is -0.354 e. The predicted octanol–water partition coefficient (Wildman–Crippen LogP) is 0.950. The highest BCUT2D eigenvalue weighted by Gasteiger charge is 2.20. The topological polar surface area (TPSA) is 104 Å². The first-order valence-corrected chi connectivity index (χ1v) is 9.02. The van der Waals surface area contributed by atoms with Crippen molar-refractivity contribution in [3.63, 3.8) is 0 Å². The first-order valence-electron chi connectivity index (χ1n) is 7.13. The summed E-state index contributed by atoms with van der Waals surface area (Å²) in [5.74, 6) is -0.371. The highest BCUT2D eigenvalue weighted by molar-refractivity contribution is 7.92. The van der Waals surface area contributed by atoms with Crippen LogP contribution in [0, 0.1) is 5.41 Å². The summed E-state index contributed by atoms with van der Waals surface area (Å²) in [6, 6.07) is 6.07. The van der Waals surface area contributed by atoms with Crippen LogP contribution < -0.4 is 15.4 Å². The molecule has 0 saturated heterocycles. The van der Waals surface area contributed by atoms with Crippen LogP contribution in [-0.4, -0.2) is 39.6 Å². The van der Waals surface area contributed by atoms with Crippen LogP contribution in [0.1, 0.15) is 31.1 Å². The molecular formula is C15H23N3O4S.